The number of hydrogen-bond donors (Lipinski definition) is 2. The van der Waals surface area contributed by atoms with Crippen LogP contribution < -0.4 is 0 Å². The molecule has 2 aliphatic rings. The number of esters is 1. The molecule has 0 bridgehead atoms. The Morgan fingerprint density at radius 1 is 1.58 bits per heavy atom. The van der Waals surface area contributed by atoms with E-state index in [4.69, 9.17) is 9.84 Å². The molecule has 1 heterocycles. The molecule has 0 aromatic rings. The lowest BCUT2D eigenvalue weighted by atomic mass is 9.88. The number of aliphatic hydroxyl groups is 2. The standard InChI is InChI=1S/C8H12O4/c9-4-6-8(1-2-8)5(10)3-7(11)12-6/h5-6,9-10H,1-4H2/t5-,6?/m1/s1. The fourth-order valence-electron chi connectivity index (χ4n) is 1.92. The Morgan fingerprint density at radius 3 is 2.75 bits per heavy atom. The van der Waals surface area contributed by atoms with E-state index in [1.807, 2.05) is 0 Å². The third-order valence-electron chi connectivity index (χ3n) is 2.93. The van der Waals surface area contributed by atoms with Crippen molar-refractivity contribution in [1.82, 2.24) is 0 Å². The SMILES string of the molecule is O=C1C[C@@H](O)C2(CC2)C(CO)O1. The van der Waals surface area contributed by atoms with Crippen LogP contribution in [0.3, 0.4) is 0 Å². The average molecular weight is 172 g/mol. The molecule has 0 aromatic carbocycles. The van der Waals surface area contributed by atoms with Gasteiger partial charge in [0.05, 0.1) is 19.1 Å². The third kappa shape index (κ3) is 0.949. The van der Waals surface area contributed by atoms with E-state index in [1.54, 1.807) is 0 Å². The van der Waals surface area contributed by atoms with Crippen LogP contribution in [-0.2, 0) is 9.53 Å². The van der Waals surface area contributed by atoms with Gasteiger partial charge in [-0.1, -0.05) is 0 Å². The zero-order chi connectivity index (χ0) is 8.77. The minimum atomic E-state index is -0.615. The van der Waals surface area contributed by atoms with Crippen LogP contribution in [0.5, 0.6) is 0 Å². The monoisotopic (exact) mass is 172 g/mol. The molecule has 4 nitrogen and oxygen atoms in total. The summed E-state index contributed by atoms with van der Waals surface area (Å²) in [6, 6.07) is 0. The molecule has 0 amide bonds. The quantitative estimate of drug-likeness (QED) is 0.520. The first-order valence-corrected chi connectivity index (χ1v) is 4.17. The summed E-state index contributed by atoms with van der Waals surface area (Å²) in [5.74, 6) is -0.404. The first kappa shape index (κ1) is 8.01. The Labute approximate surface area is 70.1 Å². The number of ether oxygens (including phenoxy) is 1. The van der Waals surface area contributed by atoms with E-state index in [1.165, 1.54) is 0 Å². The number of carbonyl (C=O) groups is 1. The van der Waals surface area contributed by atoms with Crippen LogP contribution in [0.2, 0.25) is 0 Å². The van der Waals surface area contributed by atoms with Gasteiger partial charge in [0.1, 0.15) is 6.10 Å². The van der Waals surface area contributed by atoms with Gasteiger partial charge < -0.3 is 14.9 Å². The van der Waals surface area contributed by atoms with Crippen molar-refractivity contribution in [2.24, 2.45) is 5.41 Å². The maximum Gasteiger partial charge on any atom is 0.308 e. The summed E-state index contributed by atoms with van der Waals surface area (Å²) in [5.41, 5.74) is -0.303. The molecular weight excluding hydrogens is 160 g/mol. The van der Waals surface area contributed by atoms with Crippen molar-refractivity contribution in [2.75, 3.05) is 6.61 Å². The van der Waals surface area contributed by atoms with Gasteiger partial charge in [-0.05, 0) is 12.8 Å². The molecule has 0 aromatic heterocycles. The van der Waals surface area contributed by atoms with Gasteiger partial charge in [-0.3, -0.25) is 4.79 Å². The molecule has 2 fully saturated rings. The van der Waals surface area contributed by atoms with Gasteiger partial charge in [-0.2, -0.15) is 0 Å². The van der Waals surface area contributed by atoms with Crippen LogP contribution >= 0.6 is 0 Å². The van der Waals surface area contributed by atoms with E-state index in [9.17, 15) is 9.90 Å². The lowest BCUT2D eigenvalue weighted by Crippen LogP contribution is -2.45. The molecule has 68 valence electrons. The van der Waals surface area contributed by atoms with Crippen LogP contribution in [0.4, 0.5) is 0 Å². The summed E-state index contributed by atoms with van der Waals surface area (Å²) in [4.78, 5) is 10.9. The fraction of sp³-hybridized carbons (Fsp3) is 0.875. The Kier molecular flexibility index (Phi) is 1.63. The zero-order valence-electron chi connectivity index (χ0n) is 6.69. The second kappa shape index (κ2) is 2.44. The number of carbonyl (C=O) groups excluding carboxylic acids is 1. The maximum absolute atomic E-state index is 10.9. The van der Waals surface area contributed by atoms with Crippen LogP contribution in [-0.4, -0.2) is 35.0 Å². The van der Waals surface area contributed by atoms with Crippen LogP contribution in [0.25, 0.3) is 0 Å². The molecule has 0 radical (unpaired) electrons. The van der Waals surface area contributed by atoms with E-state index < -0.39 is 18.2 Å². The molecule has 2 rings (SSSR count). The second-order valence-electron chi connectivity index (χ2n) is 3.61. The van der Waals surface area contributed by atoms with Crippen molar-refractivity contribution in [1.29, 1.82) is 0 Å². The molecule has 2 N–H and O–H groups in total. The lowest BCUT2D eigenvalue weighted by molar-refractivity contribution is -0.175. The molecule has 1 saturated heterocycles. The van der Waals surface area contributed by atoms with Crippen LogP contribution in [0.1, 0.15) is 19.3 Å². The number of cyclic esters (lactones) is 1. The van der Waals surface area contributed by atoms with Gasteiger partial charge in [0.25, 0.3) is 0 Å². The third-order valence-corrected chi connectivity index (χ3v) is 2.93. The van der Waals surface area contributed by atoms with Gasteiger partial charge >= 0.3 is 5.97 Å². The Morgan fingerprint density at radius 2 is 2.25 bits per heavy atom. The number of rotatable bonds is 1. The largest absolute Gasteiger partial charge is 0.459 e. The Balaban J connectivity index is 2.15. The summed E-state index contributed by atoms with van der Waals surface area (Å²) in [6.45, 7) is -0.178. The Bertz CT molecular complexity index is 209. The first-order valence-electron chi connectivity index (χ1n) is 4.17. The summed E-state index contributed by atoms with van der Waals surface area (Å²) >= 11 is 0. The zero-order valence-corrected chi connectivity index (χ0v) is 6.69. The lowest BCUT2D eigenvalue weighted by Gasteiger charge is -2.33. The highest BCUT2D eigenvalue weighted by Gasteiger charge is 2.59. The highest BCUT2D eigenvalue weighted by Crippen LogP contribution is 2.55. The predicted octanol–water partition coefficient (Wildman–Crippen LogP) is -0.565. The van der Waals surface area contributed by atoms with Crippen molar-refractivity contribution >= 4 is 5.97 Å². The fourth-order valence-corrected chi connectivity index (χ4v) is 1.92. The molecule has 4 heteroatoms. The molecule has 1 aliphatic heterocycles. The van der Waals surface area contributed by atoms with Crippen molar-refractivity contribution < 1.29 is 19.7 Å². The van der Waals surface area contributed by atoms with E-state index in [2.05, 4.69) is 0 Å². The molecule has 1 unspecified atom stereocenters. The van der Waals surface area contributed by atoms with Gasteiger partial charge in [-0.15, -0.1) is 0 Å². The highest BCUT2D eigenvalue weighted by atomic mass is 16.6. The van der Waals surface area contributed by atoms with Crippen LogP contribution in [0.15, 0.2) is 0 Å². The second-order valence-corrected chi connectivity index (χ2v) is 3.61. The molecule has 1 saturated carbocycles. The highest BCUT2D eigenvalue weighted by molar-refractivity contribution is 5.71. The van der Waals surface area contributed by atoms with E-state index >= 15 is 0 Å². The van der Waals surface area contributed by atoms with Gasteiger partial charge in [0.15, 0.2) is 0 Å². The summed E-state index contributed by atoms with van der Waals surface area (Å²) in [7, 11) is 0. The molecule has 1 spiro atoms. The molecule has 12 heavy (non-hydrogen) atoms. The average Bonchev–Trinajstić information content (AvgIpc) is 2.78. The summed E-state index contributed by atoms with van der Waals surface area (Å²) in [6.07, 6.45) is 0.695. The molecule has 1 aliphatic carbocycles. The minimum Gasteiger partial charge on any atom is -0.459 e. The molecular formula is C8H12O4. The normalized spacial score (nSPS) is 38.0. The predicted molar refractivity (Wildman–Crippen MR) is 39.3 cm³/mol. The summed E-state index contributed by atoms with van der Waals surface area (Å²) in [5, 5.41) is 18.5. The first-order chi connectivity index (χ1) is 5.69. The van der Waals surface area contributed by atoms with Crippen LogP contribution in [0, 0.1) is 5.41 Å². The van der Waals surface area contributed by atoms with Crippen molar-refractivity contribution in [3.8, 4) is 0 Å². The molecule has 2 atom stereocenters. The van der Waals surface area contributed by atoms with Gasteiger partial charge in [0.2, 0.25) is 0 Å². The van der Waals surface area contributed by atoms with E-state index in [0.717, 1.165) is 12.8 Å². The number of aliphatic hydroxyl groups excluding tert-OH is 2. The summed E-state index contributed by atoms with van der Waals surface area (Å²) < 4.78 is 4.93. The van der Waals surface area contributed by atoms with Crippen molar-refractivity contribution in [3.05, 3.63) is 0 Å². The smallest absolute Gasteiger partial charge is 0.308 e. The van der Waals surface area contributed by atoms with Gasteiger partial charge in [0, 0.05) is 5.41 Å². The number of hydrogen-bond acceptors (Lipinski definition) is 4. The maximum atomic E-state index is 10.9. The Hall–Kier alpha value is -0.610. The van der Waals surface area contributed by atoms with Crippen molar-refractivity contribution in [3.63, 3.8) is 0 Å². The van der Waals surface area contributed by atoms with E-state index in [-0.39, 0.29) is 18.4 Å². The van der Waals surface area contributed by atoms with E-state index in [0.29, 0.717) is 0 Å². The minimum absolute atomic E-state index is 0.0799. The van der Waals surface area contributed by atoms with Crippen molar-refractivity contribution in [2.45, 2.75) is 31.5 Å². The van der Waals surface area contributed by atoms with Gasteiger partial charge in [-0.25, -0.2) is 0 Å². The topological polar surface area (TPSA) is 66.8 Å².